The lowest BCUT2D eigenvalue weighted by molar-refractivity contribution is -0.142. The van der Waals surface area contributed by atoms with E-state index >= 15 is 0 Å². The maximum absolute atomic E-state index is 10.9. The molecule has 0 aliphatic carbocycles. The van der Waals surface area contributed by atoms with Crippen molar-refractivity contribution in [2.45, 2.75) is 19.0 Å². The third-order valence-corrected chi connectivity index (χ3v) is 3.34. The van der Waals surface area contributed by atoms with Gasteiger partial charge >= 0.3 is 5.97 Å². The van der Waals surface area contributed by atoms with E-state index in [0.29, 0.717) is 5.75 Å². The fourth-order valence-corrected chi connectivity index (χ4v) is 2.52. The first-order chi connectivity index (χ1) is 6.16. The van der Waals surface area contributed by atoms with Crippen molar-refractivity contribution in [2.24, 2.45) is 0 Å². The smallest absolute Gasteiger partial charge is 0.321 e. The minimum Gasteiger partial charge on any atom is -0.480 e. The Labute approximate surface area is 82.8 Å². The maximum Gasteiger partial charge on any atom is 0.321 e. The summed E-state index contributed by atoms with van der Waals surface area (Å²) in [6.07, 6.45) is 1.80. The lowest BCUT2D eigenvalue weighted by Crippen LogP contribution is -2.50. The van der Waals surface area contributed by atoms with Crippen molar-refractivity contribution in [3.8, 4) is 0 Å². The van der Waals surface area contributed by atoms with Gasteiger partial charge in [-0.3, -0.25) is 9.69 Å². The van der Waals surface area contributed by atoms with Gasteiger partial charge in [-0.2, -0.15) is 11.8 Å². The van der Waals surface area contributed by atoms with E-state index in [2.05, 4.69) is 6.58 Å². The molecule has 0 spiro atoms. The predicted octanol–water partition coefficient (Wildman–Crippen LogP) is 1.06. The summed E-state index contributed by atoms with van der Waals surface area (Å²) in [5, 5.41) is 8.96. The first-order valence-corrected chi connectivity index (χ1v) is 5.51. The molecule has 1 saturated heterocycles. The highest BCUT2D eigenvalue weighted by molar-refractivity contribution is 7.99. The van der Waals surface area contributed by atoms with Crippen LogP contribution in [0.2, 0.25) is 0 Å². The second-order valence-corrected chi connectivity index (χ2v) is 4.29. The highest BCUT2D eigenvalue weighted by atomic mass is 32.2. The summed E-state index contributed by atoms with van der Waals surface area (Å²) in [4.78, 5) is 12.9. The monoisotopic (exact) mass is 201 g/mol. The van der Waals surface area contributed by atoms with Crippen molar-refractivity contribution in [1.82, 2.24) is 4.90 Å². The van der Waals surface area contributed by atoms with Crippen molar-refractivity contribution in [1.29, 1.82) is 0 Å². The quantitative estimate of drug-likeness (QED) is 0.693. The summed E-state index contributed by atoms with van der Waals surface area (Å²) in [6, 6.07) is -0.186. The average molecular weight is 201 g/mol. The van der Waals surface area contributed by atoms with Gasteiger partial charge in [0, 0.05) is 24.1 Å². The molecule has 1 rings (SSSR count). The molecule has 1 N–H and O–H groups in total. The van der Waals surface area contributed by atoms with E-state index in [1.54, 1.807) is 17.8 Å². The zero-order valence-electron chi connectivity index (χ0n) is 7.77. The van der Waals surface area contributed by atoms with E-state index in [4.69, 9.17) is 5.11 Å². The molecule has 0 aromatic rings. The van der Waals surface area contributed by atoms with Crippen LogP contribution in [0, 0.1) is 0 Å². The highest BCUT2D eigenvalue weighted by Crippen LogP contribution is 2.19. The Morgan fingerprint density at radius 3 is 3.08 bits per heavy atom. The van der Waals surface area contributed by atoms with E-state index in [1.807, 2.05) is 11.8 Å². The molecular formula is C9H15NO2S. The lowest BCUT2D eigenvalue weighted by atomic mass is 10.2. The molecule has 13 heavy (non-hydrogen) atoms. The van der Waals surface area contributed by atoms with Crippen molar-refractivity contribution in [3.05, 3.63) is 12.7 Å². The van der Waals surface area contributed by atoms with Gasteiger partial charge in [-0.25, -0.2) is 0 Å². The fraction of sp³-hybridized carbons (Fsp3) is 0.667. The number of carboxylic acids is 1. The van der Waals surface area contributed by atoms with Crippen LogP contribution in [0.25, 0.3) is 0 Å². The summed E-state index contributed by atoms with van der Waals surface area (Å²) in [6.45, 7) is 6.52. The van der Waals surface area contributed by atoms with Gasteiger partial charge in [0.2, 0.25) is 0 Å². The fourth-order valence-electron chi connectivity index (χ4n) is 1.45. The molecule has 0 amide bonds. The van der Waals surface area contributed by atoms with Crippen molar-refractivity contribution in [2.75, 3.05) is 18.1 Å². The Morgan fingerprint density at radius 2 is 2.54 bits per heavy atom. The van der Waals surface area contributed by atoms with E-state index in [1.165, 1.54) is 0 Å². The van der Waals surface area contributed by atoms with Crippen molar-refractivity contribution in [3.63, 3.8) is 0 Å². The predicted molar refractivity (Wildman–Crippen MR) is 55.1 cm³/mol. The van der Waals surface area contributed by atoms with Crippen molar-refractivity contribution < 1.29 is 9.90 Å². The summed E-state index contributed by atoms with van der Waals surface area (Å²) in [5.74, 6) is 0.982. The normalized spacial score (nSPS) is 26.7. The minimum atomic E-state index is -0.721. The van der Waals surface area contributed by atoms with Gasteiger partial charge in [-0.1, -0.05) is 6.08 Å². The maximum atomic E-state index is 10.9. The molecule has 4 heteroatoms. The third-order valence-electron chi connectivity index (χ3n) is 2.32. The summed E-state index contributed by atoms with van der Waals surface area (Å²) in [7, 11) is 0. The van der Waals surface area contributed by atoms with E-state index in [0.717, 1.165) is 12.3 Å². The zero-order valence-corrected chi connectivity index (χ0v) is 8.59. The van der Waals surface area contributed by atoms with Crippen LogP contribution in [0.4, 0.5) is 0 Å². The third kappa shape index (κ3) is 2.48. The van der Waals surface area contributed by atoms with Crippen LogP contribution in [-0.2, 0) is 4.79 Å². The summed E-state index contributed by atoms with van der Waals surface area (Å²) >= 11 is 1.71. The van der Waals surface area contributed by atoms with Gasteiger partial charge in [0.15, 0.2) is 0 Å². The van der Waals surface area contributed by atoms with Gasteiger partial charge in [0.05, 0.1) is 0 Å². The van der Waals surface area contributed by atoms with Crippen LogP contribution in [0.15, 0.2) is 12.7 Å². The van der Waals surface area contributed by atoms with Gasteiger partial charge in [-0.05, 0) is 6.92 Å². The molecule has 2 unspecified atom stereocenters. The van der Waals surface area contributed by atoms with Gasteiger partial charge in [0.1, 0.15) is 6.04 Å². The number of thioether (sulfide) groups is 1. The largest absolute Gasteiger partial charge is 0.480 e. The Kier molecular flexibility index (Phi) is 3.81. The van der Waals surface area contributed by atoms with E-state index in [-0.39, 0.29) is 12.1 Å². The SMILES string of the molecule is C=CC(C)N1CCSCC1C(=O)O. The van der Waals surface area contributed by atoms with Crippen LogP contribution >= 0.6 is 11.8 Å². The Hall–Kier alpha value is -0.480. The first kappa shape index (κ1) is 10.6. The van der Waals surface area contributed by atoms with Gasteiger partial charge in [0.25, 0.3) is 0 Å². The Bertz CT molecular complexity index is 208. The minimum absolute atomic E-state index is 0.155. The van der Waals surface area contributed by atoms with Crippen LogP contribution in [0.1, 0.15) is 6.92 Å². The number of carbonyl (C=O) groups is 1. The number of aliphatic carboxylic acids is 1. The van der Waals surface area contributed by atoms with Crippen LogP contribution in [-0.4, -0.2) is 46.1 Å². The van der Waals surface area contributed by atoms with Crippen LogP contribution < -0.4 is 0 Å². The molecule has 0 aromatic carbocycles. The van der Waals surface area contributed by atoms with Crippen LogP contribution in [0.5, 0.6) is 0 Å². The number of nitrogens with zero attached hydrogens (tertiary/aromatic N) is 1. The lowest BCUT2D eigenvalue weighted by Gasteiger charge is -2.35. The van der Waals surface area contributed by atoms with Gasteiger partial charge in [-0.15, -0.1) is 6.58 Å². The molecule has 0 bridgehead atoms. The molecule has 0 radical (unpaired) electrons. The van der Waals surface area contributed by atoms with Crippen molar-refractivity contribution >= 4 is 17.7 Å². The molecule has 1 fully saturated rings. The molecule has 1 aliphatic heterocycles. The molecule has 1 aliphatic rings. The Morgan fingerprint density at radius 1 is 1.85 bits per heavy atom. The van der Waals surface area contributed by atoms with E-state index in [9.17, 15) is 4.79 Å². The average Bonchev–Trinajstić information content (AvgIpc) is 2.16. The van der Waals surface area contributed by atoms with Crippen LogP contribution in [0.3, 0.4) is 0 Å². The topological polar surface area (TPSA) is 40.5 Å². The molecule has 0 saturated carbocycles. The number of hydrogen-bond acceptors (Lipinski definition) is 3. The van der Waals surface area contributed by atoms with E-state index < -0.39 is 5.97 Å². The highest BCUT2D eigenvalue weighted by Gasteiger charge is 2.30. The number of rotatable bonds is 3. The molecule has 74 valence electrons. The number of hydrogen-bond donors (Lipinski definition) is 1. The standard InChI is InChI=1S/C9H15NO2S/c1-3-7(2)10-4-5-13-6-8(10)9(11)12/h3,7-8H,1,4-6H2,2H3,(H,11,12). The zero-order chi connectivity index (χ0) is 9.84. The second-order valence-electron chi connectivity index (χ2n) is 3.14. The number of carboxylic acid groups (broad SMARTS) is 1. The molecule has 1 heterocycles. The molecule has 0 aromatic heterocycles. The summed E-state index contributed by atoms with van der Waals surface area (Å²) < 4.78 is 0. The molecular weight excluding hydrogens is 186 g/mol. The first-order valence-electron chi connectivity index (χ1n) is 4.35. The summed E-state index contributed by atoms with van der Waals surface area (Å²) in [5.41, 5.74) is 0. The Balaban J connectivity index is 2.66. The molecule has 2 atom stereocenters. The molecule has 3 nitrogen and oxygen atoms in total. The second kappa shape index (κ2) is 4.67. The van der Waals surface area contributed by atoms with Gasteiger partial charge < -0.3 is 5.11 Å².